The van der Waals surface area contributed by atoms with Gasteiger partial charge in [-0.05, 0) is 47.4 Å². The van der Waals surface area contributed by atoms with Crippen molar-refractivity contribution >= 4 is 5.97 Å². The van der Waals surface area contributed by atoms with Crippen molar-refractivity contribution in [2.45, 2.75) is 19.1 Å². The van der Waals surface area contributed by atoms with Crippen molar-refractivity contribution < 1.29 is 19.0 Å². The largest absolute Gasteiger partial charge is 0.496 e. The van der Waals surface area contributed by atoms with Gasteiger partial charge in [-0.25, -0.2) is 0 Å². The maximum absolute atomic E-state index is 11.6. The normalized spacial score (nSPS) is 11.6. The summed E-state index contributed by atoms with van der Waals surface area (Å²) in [5.74, 6) is 1.06. The van der Waals surface area contributed by atoms with Crippen LogP contribution in [0, 0.1) is 0 Å². The molecule has 150 valence electrons. The number of ether oxygens (including phenoxy) is 3. The van der Waals surface area contributed by atoms with Crippen molar-refractivity contribution in [3.63, 3.8) is 0 Å². The molecule has 0 aliphatic rings. The van der Waals surface area contributed by atoms with Gasteiger partial charge in [-0.15, -0.1) is 0 Å². The highest BCUT2D eigenvalue weighted by atomic mass is 16.5. The molecule has 2 N–H and O–H groups in total. The molecule has 0 heterocycles. The summed E-state index contributed by atoms with van der Waals surface area (Å²) in [6.07, 6.45) is 0.384. The van der Waals surface area contributed by atoms with E-state index in [2.05, 4.69) is 12.1 Å². The van der Waals surface area contributed by atoms with Gasteiger partial charge in [0.25, 0.3) is 0 Å². The van der Waals surface area contributed by atoms with Crippen LogP contribution in [0.25, 0.3) is 11.1 Å². The maximum Gasteiger partial charge on any atom is 0.322 e. The number of rotatable bonds is 8. The Morgan fingerprint density at radius 3 is 2.28 bits per heavy atom. The third-order valence-electron chi connectivity index (χ3n) is 4.66. The second-order valence-corrected chi connectivity index (χ2v) is 6.66. The van der Waals surface area contributed by atoms with Gasteiger partial charge in [-0.3, -0.25) is 4.79 Å². The molecule has 3 aromatic carbocycles. The van der Waals surface area contributed by atoms with Crippen molar-refractivity contribution in [1.82, 2.24) is 0 Å². The molecule has 5 heteroatoms. The first-order valence-electron chi connectivity index (χ1n) is 9.38. The number of carbonyl (C=O) groups is 1. The molecule has 0 aliphatic heterocycles. The summed E-state index contributed by atoms with van der Waals surface area (Å²) in [5.41, 5.74) is 9.97. The molecule has 3 aromatic rings. The Balaban J connectivity index is 1.69. The Hall–Kier alpha value is -3.31. The van der Waals surface area contributed by atoms with Crippen LogP contribution in [0.4, 0.5) is 0 Å². The molecule has 0 spiro atoms. The van der Waals surface area contributed by atoms with Crippen molar-refractivity contribution in [2.24, 2.45) is 5.73 Å². The highest BCUT2D eigenvalue weighted by molar-refractivity contribution is 5.75. The third kappa shape index (κ3) is 5.36. The van der Waals surface area contributed by atoms with Crippen LogP contribution >= 0.6 is 0 Å². The summed E-state index contributed by atoms with van der Waals surface area (Å²) < 4.78 is 16.1. The molecule has 3 rings (SSSR count). The van der Waals surface area contributed by atoms with Gasteiger partial charge in [0.2, 0.25) is 0 Å². The lowest BCUT2D eigenvalue weighted by Gasteiger charge is -2.14. The van der Waals surface area contributed by atoms with Crippen LogP contribution < -0.4 is 15.2 Å². The van der Waals surface area contributed by atoms with Gasteiger partial charge < -0.3 is 19.9 Å². The summed E-state index contributed by atoms with van der Waals surface area (Å²) in [5, 5.41) is 0. The fraction of sp³-hybridized carbons (Fsp3) is 0.208. The predicted molar refractivity (Wildman–Crippen MR) is 113 cm³/mol. The van der Waals surface area contributed by atoms with E-state index in [0.717, 1.165) is 33.8 Å². The molecule has 0 bridgehead atoms. The minimum absolute atomic E-state index is 0.342. The zero-order valence-corrected chi connectivity index (χ0v) is 16.6. The summed E-state index contributed by atoms with van der Waals surface area (Å²) in [6.45, 7) is 0.342. The lowest BCUT2D eigenvalue weighted by molar-refractivity contribution is -0.142. The molecule has 0 saturated carbocycles. The van der Waals surface area contributed by atoms with E-state index in [1.807, 2.05) is 60.7 Å². The van der Waals surface area contributed by atoms with Crippen molar-refractivity contribution in [1.29, 1.82) is 0 Å². The van der Waals surface area contributed by atoms with E-state index in [1.54, 1.807) is 7.11 Å². The van der Waals surface area contributed by atoms with Gasteiger partial charge in [0.15, 0.2) is 0 Å². The van der Waals surface area contributed by atoms with Crippen LogP contribution in [0.2, 0.25) is 0 Å². The molecule has 0 aliphatic carbocycles. The summed E-state index contributed by atoms with van der Waals surface area (Å²) in [4.78, 5) is 11.6. The first-order valence-corrected chi connectivity index (χ1v) is 9.38. The summed E-state index contributed by atoms with van der Waals surface area (Å²) in [7, 11) is 2.95. The van der Waals surface area contributed by atoms with Crippen molar-refractivity contribution in [2.75, 3.05) is 14.2 Å². The van der Waals surface area contributed by atoms with E-state index in [9.17, 15) is 4.79 Å². The second-order valence-electron chi connectivity index (χ2n) is 6.66. The van der Waals surface area contributed by atoms with Crippen LogP contribution in [-0.2, 0) is 22.6 Å². The Kier molecular flexibility index (Phi) is 6.87. The van der Waals surface area contributed by atoms with Crippen molar-refractivity contribution in [3.05, 3.63) is 83.9 Å². The smallest absolute Gasteiger partial charge is 0.322 e. The zero-order chi connectivity index (χ0) is 20.6. The minimum Gasteiger partial charge on any atom is -0.496 e. The van der Waals surface area contributed by atoms with Gasteiger partial charge in [0.1, 0.15) is 24.1 Å². The molecule has 0 saturated heterocycles. The number of carbonyl (C=O) groups excluding carboxylic acids is 1. The average Bonchev–Trinajstić information content (AvgIpc) is 2.78. The molecular formula is C24H25NO4. The van der Waals surface area contributed by atoms with Crippen LogP contribution in [0.1, 0.15) is 11.1 Å². The van der Waals surface area contributed by atoms with Crippen molar-refractivity contribution in [3.8, 4) is 22.6 Å². The number of hydrogen-bond donors (Lipinski definition) is 1. The molecule has 0 amide bonds. The van der Waals surface area contributed by atoms with E-state index in [-0.39, 0.29) is 0 Å². The molecule has 1 unspecified atom stereocenters. The summed E-state index contributed by atoms with van der Waals surface area (Å²) in [6, 6.07) is 23.1. The first kappa shape index (κ1) is 20.4. The van der Waals surface area contributed by atoms with E-state index in [1.165, 1.54) is 7.11 Å². The van der Waals surface area contributed by atoms with Gasteiger partial charge in [0.05, 0.1) is 14.2 Å². The molecule has 1 atom stereocenters. The number of hydrogen-bond acceptors (Lipinski definition) is 5. The lowest BCUT2D eigenvalue weighted by Crippen LogP contribution is -2.33. The highest BCUT2D eigenvalue weighted by Crippen LogP contribution is 2.25. The Labute approximate surface area is 171 Å². The topological polar surface area (TPSA) is 70.8 Å². The predicted octanol–water partition coefficient (Wildman–Crippen LogP) is 3.98. The van der Waals surface area contributed by atoms with Gasteiger partial charge in [-0.2, -0.15) is 0 Å². The monoisotopic (exact) mass is 391 g/mol. The molecular weight excluding hydrogens is 366 g/mol. The average molecular weight is 391 g/mol. The standard InChI is InChI=1S/C24H25NO4/c1-27-23-13-8-17(15-22(25)24(26)28-2)14-20(23)16-29-21-11-9-19(10-12-21)18-6-4-3-5-7-18/h3-14,22H,15-16,25H2,1-2H3. The SMILES string of the molecule is COC(=O)C(N)Cc1ccc(OC)c(COc2ccc(-c3ccccc3)cc2)c1. The first-order chi connectivity index (χ1) is 14.1. The van der Waals surface area contributed by atoms with Gasteiger partial charge in [-0.1, -0.05) is 48.5 Å². The molecule has 0 radical (unpaired) electrons. The number of esters is 1. The Morgan fingerprint density at radius 1 is 0.931 bits per heavy atom. The fourth-order valence-corrected chi connectivity index (χ4v) is 3.10. The Bertz CT molecular complexity index is 939. The third-order valence-corrected chi connectivity index (χ3v) is 4.66. The fourth-order valence-electron chi connectivity index (χ4n) is 3.10. The van der Waals surface area contributed by atoms with Crippen LogP contribution in [0.3, 0.4) is 0 Å². The molecule has 5 nitrogen and oxygen atoms in total. The van der Waals surface area contributed by atoms with Crippen LogP contribution in [0.15, 0.2) is 72.8 Å². The lowest BCUT2D eigenvalue weighted by atomic mass is 10.0. The number of benzene rings is 3. The number of nitrogens with two attached hydrogens (primary N) is 1. The number of methoxy groups -OCH3 is 2. The van der Waals surface area contributed by atoms with Gasteiger partial charge in [0, 0.05) is 5.56 Å². The molecule has 0 fully saturated rings. The van der Waals surface area contributed by atoms with Crippen LogP contribution in [0.5, 0.6) is 11.5 Å². The zero-order valence-electron chi connectivity index (χ0n) is 16.6. The second kappa shape index (κ2) is 9.75. The molecule has 0 aromatic heterocycles. The quantitative estimate of drug-likeness (QED) is 0.588. The van der Waals surface area contributed by atoms with E-state index < -0.39 is 12.0 Å². The Morgan fingerprint density at radius 2 is 1.62 bits per heavy atom. The van der Waals surface area contributed by atoms with E-state index in [0.29, 0.717) is 13.0 Å². The maximum atomic E-state index is 11.6. The highest BCUT2D eigenvalue weighted by Gasteiger charge is 2.15. The van der Waals surface area contributed by atoms with Crippen LogP contribution in [-0.4, -0.2) is 26.2 Å². The minimum atomic E-state index is -0.701. The van der Waals surface area contributed by atoms with E-state index in [4.69, 9.17) is 19.9 Å². The van der Waals surface area contributed by atoms with Gasteiger partial charge >= 0.3 is 5.97 Å². The molecule has 29 heavy (non-hydrogen) atoms. The summed E-state index contributed by atoms with van der Waals surface area (Å²) >= 11 is 0. The van der Waals surface area contributed by atoms with E-state index >= 15 is 0 Å².